The minimum absolute atomic E-state index is 0.0370. The van der Waals surface area contributed by atoms with Crippen LogP contribution in [0.2, 0.25) is 0 Å². The zero-order chi connectivity index (χ0) is 16.4. The Morgan fingerprint density at radius 2 is 1.92 bits per heavy atom. The lowest BCUT2D eigenvalue weighted by Crippen LogP contribution is -2.34. The van der Waals surface area contributed by atoms with Crippen LogP contribution in [0.5, 0.6) is 0 Å². The summed E-state index contributed by atoms with van der Waals surface area (Å²) in [5, 5.41) is 3.16. The summed E-state index contributed by atoms with van der Waals surface area (Å²) in [6.07, 6.45) is 2.98. The minimum Gasteiger partial charge on any atom is -0.371 e. The predicted octanol–water partition coefficient (Wildman–Crippen LogP) is 3.27. The predicted molar refractivity (Wildman–Crippen MR) is 99.8 cm³/mol. The molecule has 2 aromatic rings. The van der Waals surface area contributed by atoms with Crippen molar-refractivity contribution in [2.45, 2.75) is 29.4 Å². The molecule has 0 saturated heterocycles. The summed E-state index contributed by atoms with van der Waals surface area (Å²) < 4.78 is 0. The second kappa shape index (κ2) is 6.89. The number of benzene rings is 2. The number of hydrogen-bond acceptors (Lipinski definition) is 3. The van der Waals surface area contributed by atoms with Crippen molar-refractivity contribution in [3.05, 3.63) is 59.7 Å². The molecule has 0 spiro atoms. The van der Waals surface area contributed by atoms with Gasteiger partial charge < -0.3 is 10.2 Å². The molecule has 4 rings (SSSR count). The smallest absolute Gasteiger partial charge is 0.233 e. The molecule has 124 valence electrons. The Hall–Kier alpha value is -1.94. The van der Waals surface area contributed by atoms with E-state index in [1.54, 1.807) is 11.8 Å². The molecule has 0 radical (unpaired) electrons. The van der Waals surface area contributed by atoms with Gasteiger partial charge in [-0.05, 0) is 42.5 Å². The van der Waals surface area contributed by atoms with Crippen LogP contribution in [-0.2, 0) is 17.6 Å². The molecule has 0 bridgehead atoms. The molecule has 1 atom stereocenters. The Balaban J connectivity index is 1.22. The summed E-state index contributed by atoms with van der Waals surface area (Å²) in [5.74, 6) is 0.179. The Morgan fingerprint density at radius 1 is 1.12 bits per heavy atom. The molecule has 3 nitrogen and oxygen atoms in total. The van der Waals surface area contributed by atoms with Gasteiger partial charge in [-0.15, -0.1) is 11.8 Å². The molecule has 0 saturated carbocycles. The van der Waals surface area contributed by atoms with Gasteiger partial charge in [0.2, 0.25) is 5.91 Å². The molecular weight excluding hydrogens is 316 g/mol. The van der Waals surface area contributed by atoms with Gasteiger partial charge in [0.15, 0.2) is 0 Å². The quantitative estimate of drug-likeness (QED) is 0.849. The second-order valence-electron chi connectivity index (χ2n) is 6.43. The van der Waals surface area contributed by atoms with Crippen LogP contribution in [0.15, 0.2) is 53.4 Å². The molecule has 24 heavy (non-hydrogen) atoms. The fraction of sp³-hybridized carbons (Fsp3) is 0.350. The van der Waals surface area contributed by atoms with E-state index in [4.69, 9.17) is 0 Å². The second-order valence-corrected chi connectivity index (χ2v) is 7.67. The van der Waals surface area contributed by atoms with Gasteiger partial charge in [0, 0.05) is 30.2 Å². The minimum atomic E-state index is 0.0370. The number of carbonyl (C=O) groups excluding carboxylic acids is 1. The summed E-state index contributed by atoms with van der Waals surface area (Å²) in [6.45, 7) is 2.86. The van der Waals surface area contributed by atoms with E-state index in [0.29, 0.717) is 0 Å². The van der Waals surface area contributed by atoms with E-state index in [1.165, 1.54) is 21.7 Å². The monoisotopic (exact) mass is 338 g/mol. The van der Waals surface area contributed by atoms with Gasteiger partial charge in [-0.3, -0.25) is 4.79 Å². The highest BCUT2D eigenvalue weighted by atomic mass is 32.2. The van der Waals surface area contributed by atoms with E-state index in [1.807, 2.05) is 12.1 Å². The average Bonchev–Trinajstić information content (AvgIpc) is 3.23. The van der Waals surface area contributed by atoms with E-state index in [-0.39, 0.29) is 11.2 Å². The molecule has 2 heterocycles. The number of nitrogens with one attached hydrogen (secondary N) is 1. The fourth-order valence-electron chi connectivity index (χ4n) is 3.56. The standard InChI is InChI=1S/C20H22N2OS/c23-20(19-14-16-7-2-4-9-18(16)24-19)21-11-5-12-22-13-10-15-6-1-3-8-17(15)22/h1-4,6-9,19H,5,10-14H2,(H,21,23). The normalized spacial score (nSPS) is 18.3. The lowest BCUT2D eigenvalue weighted by Gasteiger charge is -2.19. The van der Waals surface area contributed by atoms with E-state index in [2.05, 4.69) is 46.6 Å². The molecule has 4 heteroatoms. The molecule has 1 unspecified atom stereocenters. The molecule has 1 N–H and O–H groups in total. The van der Waals surface area contributed by atoms with Gasteiger partial charge >= 0.3 is 0 Å². The van der Waals surface area contributed by atoms with Gasteiger partial charge in [0.05, 0.1) is 5.25 Å². The van der Waals surface area contributed by atoms with E-state index in [0.717, 1.165) is 38.9 Å². The maximum atomic E-state index is 12.4. The van der Waals surface area contributed by atoms with E-state index >= 15 is 0 Å². The largest absolute Gasteiger partial charge is 0.371 e. The molecule has 1 amide bonds. The Morgan fingerprint density at radius 3 is 2.79 bits per heavy atom. The topological polar surface area (TPSA) is 32.3 Å². The van der Waals surface area contributed by atoms with Gasteiger partial charge in [-0.2, -0.15) is 0 Å². The van der Waals surface area contributed by atoms with Crippen molar-refractivity contribution in [3.63, 3.8) is 0 Å². The van der Waals surface area contributed by atoms with Crippen LogP contribution in [0, 0.1) is 0 Å². The summed E-state index contributed by atoms with van der Waals surface area (Å²) in [4.78, 5) is 16.1. The van der Waals surface area contributed by atoms with Gasteiger partial charge in [-0.25, -0.2) is 0 Å². The van der Waals surface area contributed by atoms with Crippen LogP contribution in [0.25, 0.3) is 0 Å². The number of rotatable bonds is 5. The molecule has 0 aromatic heterocycles. The first-order valence-electron chi connectivity index (χ1n) is 8.66. The number of para-hydroxylation sites is 1. The highest BCUT2D eigenvalue weighted by Crippen LogP contribution is 2.36. The van der Waals surface area contributed by atoms with Crippen molar-refractivity contribution in [2.24, 2.45) is 0 Å². The third kappa shape index (κ3) is 3.16. The van der Waals surface area contributed by atoms with E-state index in [9.17, 15) is 4.79 Å². The van der Waals surface area contributed by atoms with Crippen LogP contribution in [0.4, 0.5) is 5.69 Å². The van der Waals surface area contributed by atoms with Crippen LogP contribution in [-0.4, -0.2) is 30.8 Å². The zero-order valence-electron chi connectivity index (χ0n) is 13.7. The molecular formula is C20H22N2OS. The summed E-state index contributed by atoms with van der Waals surface area (Å²) in [5.41, 5.74) is 4.11. The van der Waals surface area contributed by atoms with Crippen molar-refractivity contribution in [1.29, 1.82) is 0 Å². The van der Waals surface area contributed by atoms with Crippen LogP contribution in [0.1, 0.15) is 17.5 Å². The lowest BCUT2D eigenvalue weighted by atomic mass is 10.1. The third-order valence-corrected chi connectivity index (χ3v) is 6.14. The fourth-order valence-corrected chi connectivity index (χ4v) is 4.78. The summed E-state index contributed by atoms with van der Waals surface area (Å²) in [7, 11) is 0. The lowest BCUT2D eigenvalue weighted by molar-refractivity contribution is -0.120. The molecule has 0 aliphatic carbocycles. The number of anilines is 1. The van der Waals surface area contributed by atoms with Crippen LogP contribution < -0.4 is 10.2 Å². The number of carbonyl (C=O) groups is 1. The van der Waals surface area contributed by atoms with Crippen molar-refractivity contribution < 1.29 is 4.79 Å². The first-order chi connectivity index (χ1) is 11.8. The number of nitrogens with zero attached hydrogens (tertiary/aromatic N) is 1. The van der Waals surface area contributed by atoms with Gasteiger partial charge in [0.25, 0.3) is 0 Å². The summed E-state index contributed by atoms with van der Waals surface area (Å²) >= 11 is 1.70. The Labute approximate surface area is 147 Å². The van der Waals surface area contributed by atoms with Crippen molar-refractivity contribution in [2.75, 3.05) is 24.5 Å². The maximum absolute atomic E-state index is 12.4. The van der Waals surface area contributed by atoms with Crippen molar-refractivity contribution in [3.8, 4) is 0 Å². The van der Waals surface area contributed by atoms with Crippen molar-refractivity contribution >= 4 is 23.4 Å². The first kappa shape index (κ1) is 15.6. The van der Waals surface area contributed by atoms with E-state index < -0.39 is 0 Å². The number of hydrogen-bond donors (Lipinski definition) is 1. The Kier molecular flexibility index (Phi) is 4.48. The number of thioether (sulfide) groups is 1. The third-order valence-electron chi connectivity index (χ3n) is 4.83. The van der Waals surface area contributed by atoms with Crippen LogP contribution >= 0.6 is 11.8 Å². The maximum Gasteiger partial charge on any atom is 0.233 e. The number of amides is 1. The molecule has 2 aromatic carbocycles. The highest BCUT2D eigenvalue weighted by Gasteiger charge is 2.27. The van der Waals surface area contributed by atoms with Gasteiger partial charge in [0.1, 0.15) is 0 Å². The van der Waals surface area contributed by atoms with Crippen LogP contribution in [0.3, 0.4) is 0 Å². The molecule has 0 fully saturated rings. The number of fused-ring (bicyclic) bond motifs is 2. The Bertz CT molecular complexity index is 721. The zero-order valence-corrected chi connectivity index (χ0v) is 14.5. The molecule has 2 aliphatic rings. The van der Waals surface area contributed by atoms with Crippen molar-refractivity contribution in [1.82, 2.24) is 5.32 Å². The molecule has 2 aliphatic heterocycles. The highest BCUT2D eigenvalue weighted by molar-refractivity contribution is 8.01. The SMILES string of the molecule is O=C(NCCCN1CCc2ccccc21)C1Cc2ccccc2S1. The first-order valence-corrected chi connectivity index (χ1v) is 9.54. The van der Waals surface area contributed by atoms with Gasteiger partial charge in [-0.1, -0.05) is 36.4 Å². The average molecular weight is 338 g/mol. The summed E-state index contributed by atoms with van der Waals surface area (Å²) in [6, 6.07) is 17.0.